The fourth-order valence-electron chi connectivity index (χ4n) is 1.58. The fourth-order valence-corrected chi connectivity index (χ4v) is 1.58. The largest absolute Gasteiger partial charge is 0.393 e. The molecule has 1 rings (SSSR count). The summed E-state index contributed by atoms with van der Waals surface area (Å²) in [6.45, 7) is 2.99. The number of aliphatic hydroxyl groups excluding tert-OH is 1. The van der Waals surface area contributed by atoms with Crippen LogP contribution in [0.3, 0.4) is 0 Å². The lowest BCUT2D eigenvalue weighted by Crippen LogP contribution is -2.16. The maximum absolute atomic E-state index is 9.43. The molecule has 11 heavy (non-hydrogen) atoms. The van der Waals surface area contributed by atoms with E-state index in [1.807, 2.05) is 0 Å². The summed E-state index contributed by atoms with van der Waals surface area (Å²) in [6, 6.07) is 0. The van der Waals surface area contributed by atoms with Crippen molar-refractivity contribution < 1.29 is 9.84 Å². The lowest BCUT2D eigenvalue weighted by Gasteiger charge is -2.13. The molecule has 0 aromatic carbocycles. The summed E-state index contributed by atoms with van der Waals surface area (Å²) in [5.41, 5.74) is 0. The quantitative estimate of drug-likeness (QED) is 0.675. The predicted octanol–water partition coefficient (Wildman–Crippen LogP) is 1.72. The molecule has 66 valence electrons. The standard InChI is InChI=1S/C9H18O2/c1-2-4-8(10)7-9-5-3-6-11-9/h8-10H,2-7H2,1H3/t8-,9-/m0/s1. The van der Waals surface area contributed by atoms with Gasteiger partial charge in [0.1, 0.15) is 0 Å². The lowest BCUT2D eigenvalue weighted by atomic mass is 10.1. The van der Waals surface area contributed by atoms with Crippen molar-refractivity contribution in [2.45, 2.75) is 51.2 Å². The van der Waals surface area contributed by atoms with E-state index in [2.05, 4.69) is 6.92 Å². The van der Waals surface area contributed by atoms with Crippen LogP contribution in [0.4, 0.5) is 0 Å². The van der Waals surface area contributed by atoms with Crippen LogP contribution >= 0.6 is 0 Å². The van der Waals surface area contributed by atoms with Crippen molar-refractivity contribution in [2.75, 3.05) is 6.61 Å². The minimum absolute atomic E-state index is 0.136. The van der Waals surface area contributed by atoms with Gasteiger partial charge in [-0.1, -0.05) is 13.3 Å². The number of hydrogen-bond donors (Lipinski definition) is 1. The van der Waals surface area contributed by atoms with Crippen molar-refractivity contribution in [2.24, 2.45) is 0 Å². The average molecular weight is 158 g/mol. The molecular formula is C9H18O2. The van der Waals surface area contributed by atoms with Gasteiger partial charge in [-0.3, -0.25) is 0 Å². The second-order valence-electron chi connectivity index (χ2n) is 3.31. The van der Waals surface area contributed by atoms with Crippen LogP contribution in [0.15, 0.2) is 0 Å². The van der Waals surface area contributed by atoms with Crippen LogP contribution in [-0.2, 0) is 4.74 Å². The van der Waals surface area contributed by atoms with E-state index in [-0.39, 0.29) is 6.10 Å². The summed E-state index contributed by atoms with van der Waals surface area (Å²) in [4.78, 5) is 0. The van der Waals surface area contributed by atoms with E-state index in [1.54, 1.807) is 0 Å². The second kappa shape index (κ2) is 4.73. The van der Waals surface area contributed by atoms with Gasteiger partial charge in [0.15, 0.2) is 0 Å². The molecule has 1 heterocycles. The Bertz CT molecular complexity index is 97.7. The molecule has 0 aliphatic carbocycles. The highest BCUT2D eigenvalue weighted by Gasteiger charge is 2.18. The van der Waals surface area contributed by atoms with Crippen LogP contribution < -0.4 is 0 Å². The first kappa shape index (κ1) is 9.01. The molecule has 2 nitrogen and oxygen atoms in total. The Morgan fingerprint density at radius 1 is 1.64 bits per heavy atom. The summed E-state index contributed by atoms with van der Waals surface area (Å²) in [6.07, 6.45) is 5.34. The van der Waals surface area contributed by atoms with E-state index < -0.39 is 0 Å². The Balaban J connectivity index is 2.08. The van der Waals surface area contributed by atoms with Gasteiger partial charge >= 0.3 is 0 Å². The molecule has 0 aromatic rings. The minimum atomic E-state index is -0.136. The summed E-state index contributed by atoms with van der Waals surface area (Å²) in [5, 5.41) is 9.43. The average Bonchev–Trinajstić information content (AvgIpc) is 2.40. The summed E-state index contributed by atoms with van der Waals surface area (Å²) in [7, 11) is 0. The van der Waals surface area contributed by atoms with Crippen molar-refractivity contribution >= 4 is 0 Å². The molecule has 0 radical (unpaired) electrons. The first-order chi connectivity index (χ1) is 5.33. The number of ether oxygens (including phenoxy) is 1. The van der Waals surface area contributed by atoms with Gasteiger partial charge in [-0.05, 0) is 25.7 Å². The molecule has 2 heteroatoms. The van der Waals surface area contributed by atoms with Gasteiger partial charge in [0.05, 0.1) is 12.2 Å². The lowest BCUT2D eigenvalue weighted by molar-refractivity contribution is 0.0504. The Labute approximate surface area is 68.6 Å². The molecule has 0 bridgehead atoms. The van der Waals surface area contributed by atoms with E-state index >= 15 is 0 Å². The van der Waals surface area contributed by atoms with Gasteiger partial charge in [0, 0.05) is 6.61 Å². The highest BCUT2D eigenvalue weighted by Crippen LogP contribution is 2.18. The monoisotopic (exact) mass is 158 g/mol. The van der Waals surface area contributed by atoms with Crippen LogP contribution in [0, 0.1) is 0 Å². The molecule has 2 atom stereocenters. The van der Waals surface area contributed by atoms with Gasteiger partial charge in [0.2, 0.25) is 0 Å². The summed E-state index contributed by atoms with van der Waals surface area (Å²) < 4.78 is 5.41. The normalized spacial score (nSPS) is 27.3. The van der Waals surface area contributed by atoms with Crippen molar-refractivity contribution in [3.05, 3.63) is 0 Å². The Kier molecular flexibility index (Phi) is 3.87. The fraction of sp³-hybridized carbons (Fsp3) is 1.00. The van der Waals surface area contributed by atoms with E-state index in [9.17, 15) is 5.11 Å². The summed E-state index contributed by atoms with van der Waals surface area (Å²) in [5.74, 6) is 0. The van der Waals surface area contributed by atoms with E-state index in [4.69, 9.17) is 4.74 Å². The van der Waals surface area contributed by atoms with E-state index in [0.717, 1.165) is 32.3 Å². The number of hydrogen-bond acceptors (Lipinski definition) is 2. The van der Waals surface area contributed by atoms with Crippen LogP contribution in [0.5, 0.6) is 0 Å². The van der Waals surface area contributed by atoms with Crippen molar-refractivity contribution in [1.29, 1.82) is 0 Å². The predicted molar refractivity (Wildman–Crippen MR) is 44.5 cm³/mol. The van der Waals surface area contributed by atoms with Gasteiger partial charge in [-0.25, -0.2) is 0 Å². The number of aliphatic hydroxyl groups is 1. The maximum Gasteiger partial charge on any atom is 0.0600 e. The smallest absolute Gasteiger partial charge is 0.0600 e. The van der Waals surface area contributed by atoms with Gasteiger partial charge < -0.3 is 9.84 Å². The SMILES string of the molecule is CCC[C@H](O)C[C@@H]1CCCO1. The Morgan fingerprint density at radius 3 is 3.00 bits per heavy atom. The highest BCUT2D eigenvalue weighted by atomic mass is 16.5. The zero-order valence-electron chi connectivity index (χ0n) is 7.25. The van der Waals surface area contributed by atoms with Crippen molar-refractivity contribution in [3.8, 4) is 0 Å². The molecule has 1 aliphatic rings. The van der Waals surface area contributed by atoms with Crippen LogP contribution in [0.25, 0.3) is 0 Å². The molecule has 1 aliphatic heterocycles. The second-order valence-corrected chi connectivity index (χ2v) is 3.31. The first-order valence-corrected chi connectivity index (χ1v) is 4.62. The molecule has 0 amide bonds. The Morgan fingerprint density at radius 2 is 2.45 bits per heavy atom. The van der Waals surface area contributed by atoms with E-state index in [1.165, 1.54) is 6.42 Å². The van der Waals surface area contributed by atoms with E-state index in [0.29, 0.717) is 6.10 Å². The zero-order chi connectivity index (χ0) is 8.10. The minimum Gasteiger partial charge on any atom is -0.393 e. The van der Waals surface area contributed by atoms with Crippen molar-refractivity contribution in [3.63, 3.8) is 0 Å². The Hall–Kier alpha value is -0.0800. The van der Waals surface area contributed by atoms with Gasteiger partial charge in [-0.2, -0.15) is 0 Å². The molecule has 1 N–H and O–H groups in total. The summed E-state index contributed by atoms with van der Waals surface area (Å²) >= 11 is 0. The topological polar surface area (TPSA) is 29.5 Å². The molecule has 0 aromatic heterocycles. The third-order valence-electron chi connectivity index (χ3n) is 2.18. The van der Waals surface area contributed by atoms with Gasteiger partial charge in [-0.15, -0.1) is 0 Å². The number of rotatable bonds is 4. The molecule has 1 saturated heterocycles. The highest BCUT2D eigenvalue weighted by molar-refractivity contribution is 4.69. The van der Waals surface area contributed by atoms with Gasteiger partial charge in [0.25, 0.3) is 0 Å². The third-order valence-corrected chi connectivity index (χ3v) is 2.18. The molecule has 0 unspecified atom stereocenters. The van der Waals surface area contributed by atoms with Crippen LogP contribution in [0.1, 0.15) is 39.0 Å². The van der Waals surface area contributed by atoms with Crippen LogP contribution in [-0.4, -0.2) is 23.9 Å². The zero-order valence-corrected chi connectivity index (χ0v) is 7.25. The van der Waals surface area contributed by atoms with Crippen molar-refractivity contribution in [1.82, 2.24) is 0 Å². The molecule has 0 spiro atoms. The molecule has 1 fully saturated rings. The maximum atomic E-state index is 9.43. The van der Waals surface area contributed by atoms with Crippen LogP contribution in [0.2, 0.25) is 0 Å². The molecule has 0 saturated carbocycles. The third kappa shape index (κ3) is 3.21. The molecular weight excluding hydrogens is 140 g/mol. The first-order valence-electron chi connectivity index (χ1n) is 4.62.